The topological polar surface area (TPSA) is 3.24 Å². The summed E-state index contributed by atoms with van der Waals surface area (Å²) in [5.41, 5.74) is 2.31. The molecule has 0 heterocycles. The van der Waals surface area contributed by atoms with Gasteiger partial charge in [-0.3, -0.25) is 0 Å². The summed E-state index contributed by atoms with van der Waals surface area (Å²) in [6.07, 6.45) is 46.5. The molecule has 0 N–H and O–H groups in total. The van der Waals surface area contributed by atoms with Gasteiger partial charge in [0.15, 0.2) is 0 Å². The second-order valence-electron chi connectivity index (χ2n) is 14.5. The first-order valence-electron chi connectivity index (χ1n) is 20.0. The van der Waals surface area contributed by atoms with Crippen molar-refractivity contribution in [2.45, 2.75) is 232 Å². The Kier molecular flexibility index (Phi) is 33.7. The molecule has 0 rings (SSSR count). The Balaban J connectivity index is 3.60. The fourth-order valence-corrected chi connectivity index (χ4v) is 8.25. The van der Waals surface area contributed by atoms with Crippen molar-refractivity contribution < 1.29 is 0 Å². The first-order chi connectivity index (χ1) is 20.6. The van der Waals surface area contributed by atoms with Gasteiger partial charge >= 0.3 is 0 Å². The summed E-state index contributed by atoms with van der Waals surface area (Å²) in [6, 6.07) is 0. The van der Waals surface area contributed by atoms with E-state index in [-0.39, 0.29) is 0 Å². The van der Waals surface area contributed by atoms with Gasteiger partial charge in [-0.05, 0) is 25.9 Å². The SMILES string of the molecule is C=C[Si](C)(C)N(CCCCCCCCCCCCCCCCCC)CCCCCCCCCCCCCCCCCC. The lowest BCUT2D eigenvalue weighted by Gasteiger charge is -2.34. The van der Waals surface area contributed by atoms with E-state index >= 15 is 0 Å². The molecular formula is C40H83NSi. The van der Waals surface area contributed by atoms with E-state index in [0.717, 1.165) is 0 Å². The monoisotopic (exact) mass is 606 g/mol. The van der Waals surface area contributed by atoms with E-state index in [0.29, 0.717) is 0 Å². The number of hydrogen-bond donors (Lipinski definition) is 0. The molecule has 0 bridgehead atoms. The Labute approximate surface area is 270 Å². The minimum absolute atomic E-state index is 1.31. The Bertz CT molecular complexity index is 480. The summed E-state index contributed by atoms with van der Waals surface area (Å²) in [5, 5.41) is 0. The summed E-state index contributed by atoms with van der Waals surface area (Å²) >= 11 is 0. The van der Waals surface area contributed by atoms with Crippen molar-refractivity contribution in [2.75, 3.05) is 13.1 Å². The Morgan fingerprint density at radius 2 is 0.548 bits per heavy atom. The highest BCUT2D eigenvalue weighted by Crippen LogP contribution is 2.18. The molecule has 0 amide bonds. The molecule has 2 heteroatoms. The zero-order valence-corrected chi connectivity index (χ0v) is 31.3. The van der Waals surface area contributed by atoms with Crippen LogP contribution < -0.4 is 0 Å². The van der Waals surface area contributed by atoms with Gasteiger partial charge in [-0.15, -0.1) is 6.58 Å². The molecule has 0 aromatic carbocycles. The van der Waals surface area contributed by atoms with E-state index in [1.54, 1.807) is 0 Å². The summed E-state index contributed by atoms with van der Waals surface area (Å²) in [7, 11) is -1.43. The summed E-state index contributed by atoms with van der Waals surface area (Å²) in [5.74, 6) is 0. The van der Waals surface area contributed by atoms with Crippen molar-refractivity contribution in [3.63, 3.8) is 0 Å². The quantitative estimate of drug-likeness (QED) is 0.0507. The minimum atomic E-state index is -1.43. The molecule has 0 aliphatic carbocycles. The fraction of sp³-hybridized carbons (Fsp3) is 0.950. The van der Waals surface area contributed by atoms with Crippen LogP contribution in [0.1, 0.15) is 219 Å². The largest absolute Gasteiger partial charge is 0.321 e. The highest BCUT2D eigenvalue weighted by Gasteiger charge is 2.24. The second kappa shape index (κ2) is 33.8. The highest BCUT2D eigenvalue weighted by atomic mass is 28.3. The number of hydrogen-bond acceptors (Lipinski definition) is 1. The molecule has 1 nitrogen and oxygen atoms in total. The van der Waals surface area contributed by atoms with Gasteiger partial charge in [0.05, 0.1) is 0 Å². The van der Waals surface area contributed by atoms with Crippen LogP contribution in [0.5, 0.6) is 0 Å². The Morgan fingerprint density at radius 1 is 0.357 bits per heavy atom. The van der Waals surface area contributed by atoms with Gasteiger partial charge in [-0.2, -0.15) is 0 Å². The van der Waals surface area contributed by atoms with Crippen LogP contribution in [0.2, 0.25) is 13.1 Å². The molecule has 0 atom stereocenters. The first kappa shape index (κ1) is 41.9. The van der Waals surface area contributed by atoms with Gasteiger partial charge in [0, 0.05) is 0 Å². The zero-order chi connectivity index (χ0) is 30.8. The molecule has 0 radical (unpaired) electrons. The van der Waals surface area contributed by atoms with Crippen LogP contribution >= 0.6 is 0 Å². The number of unbranched alkanes of at least 4 members (excludes halogenated alkanes) is 30. The van der Waals surface area contributed by atoms with Gasteiger partial charge in [0.25, 0.3) is 0 Å². The average Bonchev–Trinajstić information content (AvgIpc) is 2.99. The van der Waals surface area contributed by atoms with E-state index in [9.17, 15) is 0 Å². The summed E-state index contributed by atoms with van der Waals surface area (Å²) in [4.78, 5) is 0. The Hall–Kier alpha value is -0.0831. The summed E-state index contributed by atoms with van der Waals surface area (Å²) < 4.78 is 2.85. The molecule has 0 fully saturated rings. The molecule has 0 aromatic rings. The molecule has 0 aliphatic rings. The van der Waals surface area contributed by atoms with E-state index in [2.05, 4.69) is 43.8 Å². The normalized spacial score (nSPS) is 12.0. The van der Waals surface area contributed by atoms with Crippen molar-refractivity contribution in [3.05, 3.63) is 12.3 Å². The van der Waals surface area contributed by atoms with E-state index in [1.165, 1.54) is 219 Å². The third-order valence-corrected chi connectivity index (χ3v) is 13.0. The standard InChI is InChI=1S/C40H83NSi/c1-6-9-11-13-15-17-19-21-23-25-27-29-31-33-35-37-39-41(42(4,5)8-3)40-38-36-34-32-30-28-26-24-22-20-18-16-14-12-10-7-2/h8H,3,6-7,9-40H2,1-2,4-5H3. The third-order valence-electron chi connectivity index (χ3n) is 9.88. The molecular weight excluding hydrogens is 523 g/mol. The maximum Gasteiger partial charge on any atom is 0.146 e. The third kappa shape index (κ3) is 30.0. The van der Waals surface area contributed by atoms with Crippen LogP contribution in [0.15, 0.2) is 12.3 Å². The van der Waals surface area contributed by atoms with Crippen LogP contribution in [0.3, 0.4) is 0 Å². The molecule has 252 valence electrons. The zero-order valence-electron chi connectivity index (χ0n) is 30.3. The molecule has 0 spiro atoms. The predicted molar refractivity (Wildman–Crippen MR) is 198 cm³/mol. The van der Waals surface area contributed by atoms with Crippen LogP contribution in [-0.2, 0) is 0 Å². The maximum atomic E-state index is 4.22. The number of rotatable bonds is 36. The molecule has 0 aliphatic heterocycles. The van der Waals surface area contributed by atoms with E-state index in [1.807, 2.05) is 0 Å². The van der Waals surface area contributed by atoms with E-state index < -0.39 is 8.24 Å². The fourth-order valence-electron chi connectivity index (χ4n) is 6.52. The lowest BCUT2D eigenvalue weighted by atomic mass is 10.0. The molecule has 0 saturated carbocycles. The maximum absolute atomic E-state index is 4.22. The van der Waals surface area contributed by atoms with Crippen molar-refractivity contribution in [2.24, 2.45) is 0 Å². The van der Waals surface area contributed by atoms with Crippen molar-refractivity contribution in [1.82, 2.24) is 4.57 Å². The van der Waals surface area contributed by atoms with Crippen LogP contribution in [-0.4, -0.2) is 25.9 Å². The average molecular weight is 606 g/mol. The van der Waals surface area contributed by atoms with Gasteiger partial charge in [-0.1, -0.05) is 225 Å². The molecule has 42 heavy (non-hydrogen) atoms. The molecule has 0 saturated heterocycles. The molecule has 0 aromatic heterocycles. The number of nitrogens with zero attached hydrogens (tertiary/aromatic N) is 1. The van der Waals surface area contributed by atoms with Gasteiger partial charge < -0.3 is 4.57 Å². The lowest BCUT2D eigenvalue weighted by molar-refractivity contribution is 0.389. The first-order valence-corrected chi connectivity index (χ1v) is 23.0. The lowest BCUT2D eigenvalue weighted by Crippen LogP contribution is -2.48. The minimum Gasteiger partial charge on any atom is -0.321 e. The van der Waals surface area contributed by atoms with E-state index in [4.69, 9.17) is 0 Å². The van der Waals surface area contributed by atoms with Crippen LogP contribution in [0.4, 0.5) is 0 Å². The van der Waals surface area contributed by atoms with Gasteiger partial charge in [-0.25, -0.2) is 0 Å². The predicted octanol–water partition coefficient (Wildman–Crippen LogP) is 14.7. The Morgan fingerprint density at radius 3 is 0.738 bits per heavy atom. The second-order valence-corrected chi connectivity index (χ2v) is 18.8. The van der Waals surface area contributed by atoms with Crippen molar-refractivity contribution >= 4 is 8.24 Å². The van der Waals surface area contributed by atoms with Crippen molar-refractivity contribution in [1.29, 1.82) is 0 Å². The van der Waals surface area contributed by atoms with Crippen LogP contribution in [0.25, 0.3) is 0 Å². The van der Waals surface area contributed by atoms with Gasteiger partial charge in [0.2, 0.25) is 0 Å². The molecule has 0 unspecified atom stereocenters. The smallest absolute Gasteiger partial charge is 0.146 e. The summed E-state index contributed by atoms with van der Waals surface area (Å²) in [6.45, 7) is 16.5. The van der Waals surface area contributed by atoms with Gasteiger partial charge in [0.1, 0.15) is 8.24 Å². The highest BCUT2D eigenvalue weighted by molar-refractivity contribution is 6.79. The van der Waals surface area contributed by atoms with Crippen LogP contribution in [0, 0.1) is 0 Å². The van der Waals surface area contributed by atoms with Crippen molar-refractivity contribution in [3.8, 4) is 0 Å².